The van der Waals surface area contributed by atoms with E-state index in [4.69, 9.17) is 9.72 Å². The number of hydrogen-bond donors (Lipinski definition) is 3. The Balaban J connectivity index is 0.797. The standard InChI is InChI=1S/C49H57BrF2N9O4P/c1-6-29-25-41(56-49-53-27-36(50)47(58-49)55-40-11-10-39-34(8-7-28(2)54-39)46(40)66(4,5)64)43(65-3)26-42(29)61-15-13-32(14-16-61)59-17-19-60(20-18-59)33-21-30(22-33)31-23-37(51)45(38(52)24-31)35-9-12-44(62)57-48(35)63/h7-8,10-11,23-27,30,32-33,35H,6,9,12-22H2,1-5H3,(H,57,62,63)(H2,53,55,56,58). The Bertz CT molecular complexity index is 2710. The molecule has 1 atom stereocenters. The molecule has 3 N–H and O–H groups in total. The zero-order valence-corrected chi connectivity index (χ0v) is 40.6. The van der Waals surface area contributed by atoms with Crippen LogP contribution in [0, 0.1) is 18.6 Å². The maximum Gasteiger partial charge on any atom is 0.234 e. The summed E-state index contributed by atoms with van der Waals surface area (Å²) in [6, 6.07) is 15.7. The molecule has 17 heteroatoms. The number of rotatable bonds is 12. The van der Waals surface area contributed by atoms with Crippen molar-refractivity contribution < 1.29 is 27.7 Å². The van der Waals surface area contributed by atoms with E-state index < -0.39 is 36.5 Å². The molecular formula is C49H57BrF2N9O4P. The lowest BCUT2D eigenvalue weighted by molar-refractivity contribution is -0.134. The van der Waals surface area contributed by atoms with E-state index in [0.717, 1.165) is 99.0 Å². The van der Waals surface area contributed by atoms with Gasteiger partial charge >= 0.3 is 0 Å². The predicted octanol–water partition coefficient (Wildman–Crippen LogP) is 8.73. The van der Waals surface area contributed by atoms with E-state index in [1.807, 2.05) is 31.2 Å². The molecule has 3 aromatic carbocycles. The van der Waals surface area contributed by atoms with Crippen molar-refractivity contribution in [1.29, 1.82) is 0 Å². The van der Waals surface area contributed by atoms with Crippen LogP contribution >= 0.6 is 23.1 Å². The van der Waals surface area contributed by atoms with Gasteiger partial charge in [0, 0.05) is 97.7 Å². The predicted molar refractivity (Wildman–Crippen MR) is 260 cm³/mol. The number of aromatic nitrogens is 3. The zero-order valence-electron chi connectivity index (χ0n) is 38.1. The van der Waals surface area contributed by atoms with Crippen LogP contribution in [-0.4, -0.2) is 108 Å². The topological polar surface area (TPSA) is 145 Å². The summed E-state index contributed by atoms with van der Waals surface area (Å²) in [4.78, 5) is 45.6. The van der Waals surface area contributed by atoms with Crippen molar-refractivity contribution in [2.24, 2.45) is 0 Å². The number of amides is 2. The molecule has 0 bridgehead atoms. The van der Waals surface area contributed by atoms with Crippen molar-refractivity contribution in [3.63, 3.8) is 0 Å². The molecule has 0 spiro atoms. The van der Waals surface area contributed by atoms with Crippen molar-refractivity contribution in [3.8, 4) is 5.75 Å². The maximum absolute atomic E-state index is 15.2. The number of piperazine rings is 1. The van der Waals surface area contributed by atoms with Crippen molar-refractivity contribution >= 4 is 79.9 Å². The number of carbonyl (C=O) groups excluding carboxylic acids is 2. The first-order chi connectivity index (χ1) is 31.7. The first-order valence-electron chi connectivity index (χ1n) is 23.0. The summed E-state index contributed by atoms with van der Waals surface area (Å²) in [5, 5.41) is 10.6. The van der Waals surface area contributed by atoms with Crippen molar-refractivity contribution in [2.45, 2.75) is 82.7 Å². The molecule has 5 aromatic rings. The second-order valence-corrected chi connectivity index (χ2v) is 22.5. The fourth-order valence-corrected chi connectivity index (χ4v) is 12.2. The minimum Gasteiger partial charge on any atom is -0.494 e. The molecule has 4 aliphatic rings. The van der Waals surface area contributed by atoms with Crippen LogP contribution in [0.25, 0.3) is 10.9 Å². The SMILES string of the molecule is CCc1cc(Nc2ncc(Br)c(Nc3ccc4nc(C)ccc4c3P(C)(C)=O)n2)c(OC)cc1N1CCC(N2CCN(C3CC(c4cc(F)c(C5CCC(=O)NC5=O)c(F)c4)C3)CC2)CC1. The smallest absolute Gasteiger partial charge is 0.234 e. The third-order valence-corrected chi connectivity index (χ3v) is 16.1. The number of imide groups is 1. The zero-order chi connectivity index (χ0) is 46.4. The van der Waals surface area contributed by atoms with E-state index in [1.54, 1.807) is 26.6 Å². The highest BCUT2D eigenvalue weighted by atomic mass is 79.9. The molecule has 3 aliphatic heterocycles. The number of aryl methyl sites for hydroxylation is 2. The van der Waals surface area contributed by atoms with Gasteiger partial charge in [0.15, 0.2) is 0 Å². The first-order valence-corrected chi connectivity index (χ1v) is 26.4. The minimum atomic E-state index is -2.74. The number of nitrogens with one attached hydrogen (secondary N) is 3. The minimum absolute atomic E-state index is 0.0727. The van der Waals surface area contributed by atoms with Crippen molar-refractivity contribution in [3.05, 3.63) is 93.2 Å². The number of pyridine rings is 1. The highest BCUT2D eigenvalue weighted by Crippen LogP contribution is 2.44. The largest absolute Gasteiger partial charge is 0.494 e. The number of nitrogens with zero attached hydrogens (tertiary/aromatic N) is 6. The van der Waals surface area contributed by atoms with Gasteiger partial charge in [-0.05, 0) is 128 Å². The van der Waals surface area contributed by atoms with E-state index in [0.29, 0.717) is 45.3 Å². The summed E-state index contributed by atoms with van der Waals surface area (Å²) < 4.78 is 50.7. The van der Waals surface area contributed by atoms with Crippen LogP contribution in [0.1, 0.15) is 79.7 Å². The second kappa shape index (κ2) is 18.9. The van der Waals surface area contributed by atoms with Crippen LogP contribution < -0.4 is 30.9 Å². The number of benzene rings is 3. The van der Waals surface area contributed by atoms with Gasteiger partial charge in [-0.3, -0.25) is 29.7 Å². The number of halogens is 3. The summed E-state index contributed by atoms with van der Waals surface area (Å²) in [7, 11) is -1.06. The van der Waals surface area contributed by atoms with Crippen LogP contribution in [0.4, 0.5) is 37.6 Å². The Labute approximate surface area is 393 Å². The van der Waals surface area contributed by atoms with E-state index in [1.165, 1.54) is 23.4 Å². The number of methoxy groups -OCH3 is 1. The number of carbonyl (C=O) groups is 2. The normalized spacial score (nSPS) is 21.2. The summed E-state index contributed by atoms with van der Waals surface area (Å²) in [6.45, 7) is 13.5. The fraction of sp³-hybridized carbons (Fsp3) is 0.449. The molecular weight excluding hydrogens is 927 g/mol. The molecule has 2 amide bonds. The van der Waals surface area contributed by atoms with Gasteiger partial charge in [0.25, 0.3) is 0 Å². The highest BCUT2D eigenvalue weighted by Gasteiger charge is 2.39. The van der Waals surface area contributed by atoms with Gasteiger partial charge < -0.3 is 24.8 Å². The molecule has 1 aliphatic carbocycles. The third kappa shape index (κ3) is 9.43. The Morgan fingerprint density at radius 1 is 0.879 bits per heavy atom. The molecule has 66 heavy (non-hydrogen) atoms. The van der Waals surface area contributed by atoms with Crippen LogP contribution in [-0.2, 0) is 20.6 Å². The molecule has 9 rings (SSSR count). The average Bonchev–Trinajstić information content (AvgIpc) is 3.27. The summed E-state index contributed by atoms with van der Waals surface area (Å²) in [6.07, 6.45) is 6.54. The molecule has 5 heterocycles. The van der Waals surface area contributed by atoms with Gasteiger partial charge in [0.05, 0.1) is 34.4 Å². The third-order valence-electron chi connectivity index (χ3n) is 14.0. The lowest BCUT2D eigenvalue weighted by Gasteiger charge is -2.49. The quantitative estimate of drug-likeness (QED) is 0.0813. The van der Waals surface area contributed by atoms with E-state index >= 15 is 8.78 Å². The van der Waals surface area contributed by atoms with Crippen LogP contribution in [0.5, 0.6) is 5.75 Å². The lowest BCUT2D eigenvalue weighted by Crippen LogP contribution is -2.57. The van der Waals surface area contributed by atoms with Crippen molar-refractivity contribution in [1.82, 2.24) is 30.1 Å². The van der Waals surface area contributed by atoms with E-state index in [2.05, 4.69) is 75.6 Å². The van der Waals surface area contributed by atoms with Crippen molar-refractivity contribution in [2.75, 3.05) is 75.2 Å². The molecule has 3 saturated heterocycles. The second-order valence-electron chi connectivity index (χ2n) is 18.5. The van der Waals surface area contributed by atoms with Crippen LogP contribution in [0.15, 0.2) is 59.2 Å². The number of ether oxygens (including phenoxy) is 1. The summed E-state index contributed by atoms with van der Waals surface area (Å²) in [5.41, 5.74) is 5.93. The van der Waals surface area contributed by atoms with E-state index in [9.17, 15) is 14.2 Å². The molecule has 348 valence electrons. The molecule has 2 aromatic heterocycles. The number of hydrogen-bond acceptors (Lipinski definition) is 12. The molecule has 13 nitrogen and oxygen atoms in total. The average molecular weight is 985 g/mol. The molecule has 4 fully saturated rings. The number of fused-ring (bicyclic) bond motifs is 1. The molecule has 1 unspecified atom stereocenters. The van der Waals surface area contributed by atoms with Gasteiger partial charge in [0.2, 0.25) is 17.8 Å². The van der Waals surface area contributed by atoms with Gasteiger partial charge in [0.1, 0.15) is 30.3 Å². The Morgan fingerprint density at radius 3 is 2.23 bits per heavy atom. The first kappa shape index (κ1) is 46.1. The Hall–Kier alpha value is -5.02. The Morgan fingerprint density at radius 2 is 1.58 bits per heavy atom. The van der Waals surface area contributed by atoms with Crippen LogP contribution in [0.2, 0.25) is 0 Å². The van der Waals surface area contributed by atoms with Crippen LogP contribution in [0.3, 0.4) is 0 Å². The number of anilines is 5. The summed E-state index contributed by atoms with van der Waals surface area (Å²) >= 11 is 3.62. The summed E-state index contributed by atoms with van der Waals surface area (Å²) in [5.74, 6) is -1.76. The van der Waals surface area contributed by atoms with Gasteiger partial charge in [-0.15, -0.1) is 0 Å². The maximum atomic E-state index is 15.2. The lowest BCUT2D eigenvalue weighted by atomic mass is 9.74. The van der Waals surface area contributed by atoms with E-state index in [-0.39, 0.29) is 24.3 Å². The highest BCUT2D eigenvalue weighted by molar-refractivity contribution is 9.10. The molecule has 1 saturated carbocycles. The van der Waals surface area contributed by atoms with Gasteiger partial charge in [-0.1, -0.05) is 13.0 Å². The monoisotopic (exact) mass is 983 g/mol. The fourth-order valence-electron chi connectivity index (χ4n) is 10.4. The van der Waals surface area contributed by atoms with Gasteiger partial charge in [-0.25, -0.2) is 13.8 Å². The molecule has 0 radical (unpaired) electrons. The number of piperidine rings is 2. The van der Waals surface area contributed by atoms with Gasteiger partial charge in [-0.2, -0.15) is 4.98 Å². The Kier molecular flexibility index (Phi) is 13.2.